The number of hydrogen-bond donors (Lipinski definition) is 1. The maximum Gasteiger partial charge on any atom is 0.320 e. The number of likely N-dealkylation sites (N-methyl/N-ethyl adjacent to an activating group) is 1. The third-order valence-electron chi connectivity index (χ3n) is 3.98. The molecule has 1 saturated heterocycles. The number of benzene rings is 1. The molecule has 1 aliphatic heterocycles. The van der Waals surface area contributed by atoms with Gasteiger partial charge in [0.1, 0.15) is 6.04 Å². The molecule has 1 fully saturated rings. The smallest absolute Gasteiger partial charge is 0.320 e. The number of amides is 1. The molecule has 1 heterocycles. The zero-order valence-electron chi connectivity index (χ0n) is 12.1. The van der Waals surface area contributed by atoms with Crippen LogP contribution >= 0.6 is 11.6 Å². The lowest BCUT2D eigenvalue weighted by Crippen LogP contribution is -2.48. The summed E-state index contributed by atoms with van der Waals surface area (Å²) in [4.78, 5) is 27.1. The summed E-state index contributed by atoms with van der Waals surface area (Å²) in [7, 11) is 1.70. The van der Waals surface area contributed by atoms with E-state index in [1.54, 1.807) is 35.9 Å². The predicted octanol–water partition coefficient (Wildman–Crippen LogP) is 2.24. The summed E-state index contributed by atoms with van der Waals surface area (Å²) in [6.45, 7) is 2.36. The second-order valence-electron chi connectivity index (χ2n) is 5.17. The molecule has 1 amide bonds. The second kappa shape index (κ2) is 6.45. The van der Waals surface area contributed by atoms with Gasteiger partial charge in [0, 0.05) is 6.54 Å². The fourth-order valence-corrected chi connectivity index (χ4v) is 3.04. The fourth-order valence-electron chi connectivity index (χ4n) is 2.81. The molecule has 0 bridgehead atoms. The Morgan fingerprint density at radius 2 is 2.19 bits per heavy atom. The van der Waals surface area contributed by atoms with Crippen molar-refractivity contribution in [3.8, 4) is 0 Å². The molecule has 2 unspecified atom stereocenters. The Labute approximate surface area is 129 Å². The zero-order valence-corrected chi connectivity index (χ0v) is 12.9. The van der Waals surface area contributed by atoms with Gasteiger partial charge < -0.3 is 10.0 Å². The van der Waals surface area contributed by atoms with E-state index in [4.69, 9.17) is 11.6 Å². The lowest BCUT2D eigenvalue weighted by molar-refractivity contribution is -0.144. The van der Waals surface area contributed by atoms with E-state index < -0.39 is 18.1 Å². The Kier molecular flexibility index (Phi) is 4.85. The number of halogens is 1. The topological polar surface area (TPSA) is 60.9 Å². The quantitative estimate of drug-likeness (QED) is 0.906. The van der Waals surface area contributed by atoms with Crippen molar-refractivity contribution in [2.45, 2.75) is 31.8 Å². The third-order valence-corrected chi connectivity index (χ3v) is 4.30. The van der Waals surface area contributed by atoms with Gasteiger partial charge >= 0.3 is 5.97 Å². The maximum atomic E-state index is 12.6. The Hall–Kier alpha value is -1.59. The highest BCUT2D eigenvalue weighted by Crippen LogP contribution is 2.30. The average Bonchev–Trinajstić information content (AvgIpc) is 2.81. The van der Waals surface area contributed by atoms with E-state index in [0.29, 0.717) is 30.1 Å². The van der Waals surface area contributed by atoms with E-state index in [9.17, 15) is 14.7 Å². The first-order valence-corrected chi connectivity index (χ1v) is 7.35. The molecular formula is C15H19ClN2O3. The Balaban J connectivity index is 2.19. The molecule has 0 aromatic heterocycles. The highest BCUT2D eigenvalue weighted by molar-refractivity contribution is 6.33. The summed E-state index contributed by atoms with van der Waals surface area (Å²) >= 11 is 6.14. The number of para-hydroxylation sites is 1. The van der Waals surface area contributed by atoms with Gasteiger partial charge in [-0.25, -0.2) is 0 Å². The first kappa shape index (κ1) is 15.8. The number of rotatable bonds is 5. The van der Waals surface area contributed by atoms with Crippen molar-refractivity contribution in [2.75, 3.05) is 18.5 Å². The van der Waals surface area contributed by atoms with Crippen molar-refractivity contribution in [3.05, 3.63) is 29.3 Å². The van der Waals surface area contributed by atoms with Crippen molar-refractivity contribution >= 4 is 29.2 Å². The average molecular weight is 311 g/mol. The standard InChI is InChI=1S/C15H19ClN2O3/c1-3-11(15(20)21)17(2)13-8-9-18(14(13)19)12-7-5-4-6-10(12)16/h4-7,11,13H,3,8-9H2,1-2H3,(H,20,21). The third kappa shape index (κ3) is 3.04. The summed E-state index contributed by atoms with van der Waals surface area (Å²) in [5.41, 5.74) is 0.684. The summed E-state index contributed by atoms with van der Waals surface area (Å²) < 4.78 is 0. The van der Waals surface area contributed by atoms with Gasteiger partial charge in [-0.1, -0.05) is 30.7 Å². The van der Waals surface area contributed by atoms with Crippen LogP contribution in [0.1, 0.15) is 19.8 Å². The molecule has 114 valence electrons. The number of carbonyl (C=O) groups excluding carboxylic acids is 1. The fraction of sp³-hybridized carbons (Fsp3) is 0.467. The van der Waals surface area contributed by atoms with Crippen LogP contribution in [0.3, 0.4) is 0 Å². The molecular weight excluding hydrogens is 292 g/mol. The molecule has 2 rings (SSSR count). The molecule has 1 aromatic carbocycles. The normalized spacial score (nSPS) is 20.1. The molecule has 1 N–H and O–H groups in total. The molecule has 0 saturated carbocycles. The van der Waals surface area contributed by atoms with Crippen molar-refractivity contribution in [1.82, 2.24) is 4.90 Å². The van der Waals surface area contributed by atoms with Crippen LogP contribution in [0.5, 0.6) is 0 Å². The van der Waals surface area contributed by atoms with E-state index in [1.165, 1.54) is 0 Å². The minimum absolute atomic E-state index is 0.0923. The SMILES string of the molecule is CCC(C(=O)O)N(C)C1CCN(c2ccccc2Cl)C1=O. The molecule has 6 heteroatoms. The first-order chi connectivity index (χ1) is 9.97. The van der Waals surface area contributed by atoms with Gasteiger partial charge in [-0.05, 0) is 32.0 Å². The monoisotopic (exact) mass is 310 g/mol. The van der Waals surface area contributed by atoms with Crippen LogP contribution in [0.4, 0.5) is 5.69 Å². The van der Waals surface area contributed by atoms with Gasteiger partial charge in [0.25, 0.3) is 0 Å². The van der Waals surface area contributed by atoms with E-state index in [0.717, 1.165) is 0 Å². The van der Waals surface area contributed by atoms with E-state index >= 15 is 0 Å². The molecule has 5 nitrogen and oxygen atoms in total. The van der Waals surface area contributed by atoms with Crippen LogP contribution in [0.15, 0.2) is 24.3 Å². The Morgan fingerprint density at radius 3 is 2.76 bits per heavy atom. The second-order valence-corrected chi connectivity index (χ2v) is 5.58. The number of hydrogen-bond acceptors (Lipinski definition) is 3. The van der Waals surface area contributed by atoms with Gasteiger partial charge in [-0.2, -0.15) is 0 Å². The van der Waals surface area contributed by atoms with E-state index in [2.05, 4.69) is 0 Å². The number of anilines is 1. The van der Waals surface area contributed by atoms with Gasteiger partial charge in [-0.3, -0.25) is 14.5 Å². The van der Waals surface area contributed by atoms with Crippen molar-refractivity contribution in [1.29, 1.82) is 0 Å². The van der Waals surface area contributed by atoms with Crippen LogP contribution in [-0.4, -0.2) is 47.6 Å². The summed E-state index contributed by atoms with van der Waals surface area (Å²) in [5, 5.41) is 9.76. The molecule has 2 atom stereocenters. The van der Waals surface area contributed by atoms with Crippen LogP contribution < -0.4 is 4.90 Å². The summed E-state index contributed by atoms with van der Waals surface area (Å²) in [5.74, 6) is -0.991. The number of carboxylic acid groups (broad SMARTS) is 1. The van der Waals surface area contributed by atoms with Crippen molar-refractivity contribution < 1.29 is 14.7 Å². The molecule has 1 aromatic rings. The first-order valence-electron chi connectivity index (χ1n) is 6.98. The van der Waals surface area contributed by atoms with Gasteiger partial charge in [-0.15, -0.1) is 0 Å². The lowest BCUT2D eigenvalue weighted by Gasteiger charge is -2.28. The lowest BCUT2D eigenvalue weighted by atomic mass is 10.1. The Bertz CT molecular complexity index is 549. The number of nitrogens with zero attached hydrogens (tertiary/aromatic N) is 2. The van der Waals surface area contributed by atoms with Gasteiger partial charge in [0.2, 0.25) is 5.91 Å². The molecule has 1 aliphatic rings. The van der Waals surface area contributed by atoms with Gasteiger partial charge in [0.15, 0.2) is 0 Å². The van der Waals surface area contributed by atoms with Crippen LogP contribution in [-0.2, 0) is 9.59 Å². The summed E-state index contributed by atoms with van der Waals surface area (Å²) in [6.07, 6.45) is 1.06. The number of carbonyl (C=O) groups is 2. The van der Waals surface area contributed by atoms with Crippen molar-refractivity contribution in [3.63, 3.8) is 0 Å². The van der Waals surface area contributed by atoms with Crippen molar-refractivity contribution in [2.24, 2.45) is 0 Å². The predicted molar refractivity (Wildman–Crippen MR) is 81.7 cm³/mol. The van der Waals surface area contributed by atoms with Gasteiger partial charge in [0.05, 0.1) is 16.8 Å². The number of carboxylic acids is 1. The molecule has 21 heavy (non-hydrogen) atoms. The molecule has 0 aliphatic carbocycles. The minimum atomic E-state index is -0.899. The van der Waals surface area contributed by atoms with E-state index in [-0.39, 0.29) is 5.91 Å². The highest BCUT2D eigenvalue weighted by Gasteiger charge is 2.39. The largest absolute Gasteiger partial charge is 0.480 e. The molecule has 0 radical (unpaired) electrons. The highest BCUT2D eigenvalue weighted by atomic mass is 35.5. The van der Waals surface area contributed by atoms with Crippen LogP contribution in [0.2, 0.25) is 5.02 Å². The molecule has 0 spiro atoms. The van der Waals surface area contributed by atoms with Crippen LogP contribution in [0.25, 0.3) is 0 Å². The minimum Gasteiger partial charge on any atom is -0.480 e. The zero-order chi connectivity index (χ0) is 15.6. The summed E-state index contributed by atoms with van der Waals surface area (Å²) in [6, 6.07) is 6.13. The number of aliphatic carboxylic acids is 1. The van der Waals surface area contributed by atoms with E-state index in [1.807, 2.05) is 12.1 Å². The Morgan fingerprint density at radius 1 is 1.52 bits per heavy atom. The van der Waals surface area contributed by atoms with Crippen LogP contribution in [0, 0.1) is 0 Å². The maximum absolute atomic E-state index is 12.6.